The number of nitrogens with one attached hydrogen (secondary N) is 2. The average molecular weight is 410 g/mol. The first kappa shape index (κ1) is 21.6. The van der Waals surface area contributed by atoms with Crippen LogP contribution in [-0.4, -0.2) is 62.8 Å². The monoisotopic (exact) mass is 409 g/mol. The smallest absolute Gasteiger partial charge is 0.141 e. The third-order valence-corrected chi connectivity index (χ3v) is 4.86. The zero-order valence-electron chi connectivity index (χ0n) is 18.2. The van der Waals surface area contributed by atoms with E-state index >= 15 is 0 Å². The average Bonchev–Trinajstić information content (AvgIpc) is 2.76. The molecular weight excluding hydrogens is 378 g/mol. The Morgan fingerprint density at radius 3 is 2.57 bits per heavy atom. The van der Waals surface area contributed by atoms with Gasteiger partial charge >= 0.3 is 0 Å². The topological polar surface area (TPSA) is 71.5 Å². The molecule has 0 aliphatic rings. The summed E-state index contributed by atoms with van der Waals surface area (Å²) in [5, 5.41) is 7.43. The second kappa shape index (κ2) is 10.6. The van der Waals surface area contributed by atoms with Crippen LogP contribution in [0.25, 0.3) is 10.9 Å². The highest BCUT2D eigenvalue weighted by Gasteiger charge is 2.12. The summed E-state index contributed by atoms with van der Waals surface area (Å²) >= 11 is 0. The van der Waals surface area contributed by atoms with Crippen LogP contribution in [0.4, 0.5) is 11.5 Å². The molecule has 0 aliphatic heterocycles. The molecule has 7 heteroatoms. The van der Waals surface area contributed by atoms with Gasteiger partial charge in [0.25, 0.3) is 0 Å². The first-order chi connectivity index (χ1) is 14.6. The third-order valence-electron chi connectivity index (χ3n) is 4.86. The normalized spacial score (nSPS) is 11.0. The van der Waals surface area contributed by atoms with E-state index in [0.717, 1.165) is 54.1 Å². The highest BCUT2D eigenvalue weighted by molar-refractivity contribution is 5.95. The molecule has 30 heavy (non-hydrogen) atoms. The van der Waals surface area contributed by atoms with Crippen molar-refractivity contribution in [3.05, 3.63) is 48.3 Å². The van der Waals surface area contributed by atoms with Crippen LogP contribution in [0.2, 0.25) is 0 Å². The Morgan fingerprint density at radius 1 is 1.07 bits per heavy atom. The quantitative estimate of drug-likeness (QED) is 0.468. The van der Waals surface area contributed by atoms with Crippen LogP contribution in [0.1, 0.15) is 12.0 Å². The zero-order chi connectivity index (χ0) is 21.3. The van der Waals surface area contributed by atoms with Gasteiger partial charge in [0.1, 0.15) is 23.6 Å². The maximum atomic E-state index is 5.91. The molecule has 1 aromatic heterocycles. The van der Waals surface area contributed by atoms with E-state index in [1.807, 2.05) is 19.2 Å². The lowest BCUT2D eigenvalue weighted by Crippen LogP contribution is -2.15. The number of hydrogen-bond acceptors (Lipinski definition) is 7. The van der Waals surface area contributed by atoms with Gasteiger partial charge in [0, 0.05) is 38.0 Å². The Morgan fingerprint density at radius 2 is 1.87 bits per heavy atom. The SMILES string of the molecule is CNc1ccc(CCNc2ncnc3cc(OCCCN(C)C)cc(OC)c23)cc1. The minimum atomic E-state index is 0.648. The van der Waals surface area contributed by atoms with E-state index in [2.05, 4.69) is 63.9 Å². The largest absolute Gasteiger partial charge is 0.496 e. The molecule has 0 amide bonds. The van der Waals surface area contributed by atoms with Crippen LogP contribution in [0.5, 0.6) is 11.5 Å². The van der Waals surface area contributed by atoms with Crippen LogP contribution in [0.3, 0.4) is 0 Å². The van der Waals surface area contributed by atoms with Crippen LogP contribution in [0, 0.1) is 0 Å². The number of rotatable bonds is 11. The predicted molar refractivity (Wildman–Crippen MR) is 123 cm³/mol. The van der Waals surface area contributed by atoms with Gasteiger partial charge in [-0.2, -0.15) is 0 Å². The van der Waals surface area contributed by atoms with Gasteiger partial charge in [0.15, 0.2) is 0 Å². The molecule has 0 saturated carbocycles. The number of benzene rings is 2. The fourth-order valence-electron chi connectivity index (χ4n) is 3.24. The molecule has 0 radical (unpaired) electrons. The predicted octanol–water partition coefficient (Wildman–Crippen LogP) is 3.67. The molecule has 0 bridgehead atoms. The number of methoxy groups -OCH3 is 1. The van der Waals surface area contributed by atoms with Gasteiger partial charge in [-0.05, 0) is 44.6 Å². The van der Waals surface area contributed by atoms with Crippen molar-refractivity contribution >= 4 is 22.4 Å². The molecule has 160 valence electrons. The van der Waals surface area contributed by atoms with Crippen molar-refractivity contribution < 1.29 is 9.47 Å². The first-order valence-electron chi connectivity index (χ1n) is 10.2. The van der Waals surface area contributed by atoms with Gasteiger partial charge in [-0.3, -0.25) is 0 Å². The van der Waals surface area contributed by atoms with E-state index in [4.69, 9.17) is 9.47 Å². The minimum Gasteiger partial charge on any atom is -0.496 e. The Kier molecular flexibility index (Phi) is 7.68. The molecule has 0 atom stereocenters. The van der Waals surface area contributed by atoms with Crippen molar-refractivity contribution in [2.75, 3.05) is 58.6 Å². The number of nitrogens with zero attached hydrogens (tertiary/aromatic N) is 3. The molecule has 1 heterocycles. The van der Waals surface area contributed by atoms with Gasteiger partial charge in [0.05, 0.1) is 24.6 Å². The maximum absolute atomic E-state index is 5.91. The molecule has 0 spiro atoms. The van der Waals surface area contributed by atoms with Gasteiger partial charge in [-0.25, -0.2) is 9.97 Å². The highest BCUT2D eigenvalue weighted by Crippen LogP contribution is 2.34. The number of aromatic nitrogens is 2. The van der Waals surface area contributed by atoms with E-state index in [1.165, 1.54) is 5.56 Å². The fraction of sp³-hybridized carbons (Fsp3) is 0.391. The molecule has 2 aromatic carbocycles. The molecule has 0 aliphatic carbocycles. The summed E-state index contributed by atoms with van der Waals surface area (Å²) in [6.07, 6.45) is 3.42. The Bertz CT molecular complexity index is 944. The Labute approximate surface area is 178 Å². The van der Waals surface area contributed by atoms with E-state index in [-0.39, 0.29) is 0 Å². The standard InChI is InChI=1S/C23H31N5O2/c1-24-18-8-6-17(7-9-18)10-11-25-23-22-20(26-16-27-23)14-19(15-21(22)29-4)30-13-5-12-28(2)3/h6-9,14-16,24H,5,10-13H2,1-4H3,(H,25,26,27). The lowest BCUT2D eigenvalue weighted by Gasteiger charge is -2.14. The van der Waals surface area contributed by atoms with Gasteiger partial charge in [-0.1, -0.05) is 12.1 Å². The minimum absolute atomic E-state index is 0.648. The number of ether oxygens (including phenoxy) is 2. The summed E-state index contributed by atoms with van der Waals surface area (Å²) < 4.78 is 11.5. The zero-order valence-corrected chi connectivity index (χ0v) is 18.2. The van der Waals surface area contributed by atoms with Gasteiger partial charge in [-0.15, -0.1) is 0 Å². The van der Waals surface area contributed by atoms with Crippen molar-refractivity contribution in [3.63, 3.8) is 0 Å². The second-order valence-electron chi connectivity index (χ2n) is 7.37. The lowest BCUT2D eigenvalue weighted by atomic mass is 10.1. The number of hydrogen-bond donors (Lipinski definition) is 2. The second-order valence-corrected chi connectivity index (χ2v) is 7.37. The molecule has 0 fully saturated rings. The first-order valence-corrected chi connectivity index (χ1v) is 10.2. The third kappa shape index (κ3) is 5.73. The fourth-order valence-corrected chi connectivity index (χ4v) is 3.24. The van der Waals surface area contributed by atoms with Crippen molar-refractivity contribution in [3.8, 4) is 11.5 Å². The van der Waals surface area contributed by atoms with E-state index < -0.39 is 0 Å². The van der Waals surface area contributed by atoms with Gasteiger partial charge < -0.3 is 25.0 Å². The van der Waals surface area contributed by atoms with Gasteiger partial charge in [0.2, 0.25) is 0 Å². The van der Waals surface area contributed by atoms with Crippen molar-refractivity contribution in [2.45, 2.75) is 12.8 Å². The molecule has 3 aromatic rings. The van der Waals surface area contributed by atoms with Crippen LogP contribution < -0.4 is 20.1 Å². The maximum Gasteiger partial charge on any atom is 0.141 e. The van der Waals surface area contributed by atoms with E-state index in [0.29, 0.717) is 12.4 Å². The molecule has 2 N–H and O–H groups in total. The number of fused-ring (bicyclic) bond motifs is 1. The summed E-state index contributed by atoms with van der Waals surface area (Å²) in [5.41, 5.74) is 3.17. The van der Waals surface area contributed by atoms with Crippen molar-refractivity contribution in [1.29, 1.82) is 0 Å². The van der Waals surface area contributed by atoms with Crippen LogP contribution >= 0.6 is 0 Å². The Hall–Kier alpha value is -3.06. The van der Waals surface area contributed by atoms with Crippen LogP contribution in [0.15, 0.2) is 42.7 Å². The number of anilines is 2. The Balaban J connectivity index is 1.70. The van der Waals surface area contributed by atoms with Crippen molar-refractivity contribution in [2.24, 2.45) is 0 Å². The van der Waals surface area contributed by atoms with E-state index in [1.54, 1.807) is 13.4 Å². The summed E-state index contributed by atoms with van der Waals surface area (Å²) in [6.45, 7) is 2.39. The molecule has 3 rings (SSSR count). The molecular formula is C23H31N5O2. The summed E-state index contributed by atoms with van der Waals surface area (Å²) in [7, 11) is 7.69. The molecule has 7 nitrogen and oxygen atoms in total. The highest BCUT2D eigenvalue weighted by atomic mass is 16.5. The van der Waals surface area contributed by atoms with Crippen molar-refractivity contribution in [1.82, 2.24) is 14.9 Å². The van der Waals surface area contributed by atoms with Crippen LogP contribution in [-0.2, 0) is 6.42 Å². The summed E-state index contributed by atoms with van der Waals surface area (Å²) in [6, 6.07) is 12.3. The summed E-state index contributed by atoms with van der Waals surface area (Å²) in [5.74, 6) is 2.23. The molecule has 0 saturated heterocycles. The summed E-state index contributed by atoms with van der Waals surface area (Å²) in [4.78, 5) is 11.0. The molecule has 0 unspecified atom stereocenters. The van der Waals surface area contributed by atoms with E-state index in [9.17, 15) is 0 Å². The lowest BCUT2D eigenvalue weighted by molar-refractivity contribution is 0.280.